The number of anilines is 2. The van der Waals surface area contributed by atoms with Gasteiger partial charge < -0.3 is 10.6 Å². The van der Waals surface area contributed by atoms with Gasteiger partial charge in [0.25, 0.3) is 0 Å². The van der Waals surface area contributed by atoms with Gasteiger partial charge in [0.2, 0.25) is 0 Å². The third-order valence-electron chi connectivity index (χ3n) is 5.16. The normalized spacial score (nSPS) is 10.8. The first kappa shape index (κ1) is 24.4. The van der Waals surface area contributed by atoms with Crippen molar-refractivity contribution >= 4 is 17.1 Å². The number of hydrogen-bond acceptors (Lipinski definition) is 3. The molecule has 0 unspecified atom stereocenters. The molecular formula is C26H39N3. The molecule has 0 radical (unpaired) electrons. The average molecular weight is 394 g/mol. The molecule has 0 aliphatic carbocycles. The Labute approximate surface area is 178 Å². The molecule has 2 rings (SSSR count). The van der Waals surface area contributed by atoms with E-state index in [-0.39, 0.29) is 0 Å². The Morgan fingerprint density at radius 2 is 1.66 bits per heavy atom. The second-order valence-corrected chi connectivity index (χ2v) is 6.98. The standard InChI is InChI=1S/C24H33N3.C2H6/c1-8-20-15-21(13-11-17(20)4)23(9-2)27(19(6)25)22-14-12-18(5)24(16-22)26(7)10-3;1-2/h9,11-16H,6,8,10,25H2,1-5,7H3;1-2H3/b23-9-;. The Morgan fingerprint density at radius 1 is 1.03 bits per heavy atom. The van der Waals surface area contributed by atoms with Crippen molar-refractivity contribution in [1.29, 1.82) is 0 Å². The van der Waals surface area contributed by atoms with E-state index in [0.29, 0.717) is 5.82 Å². The third kappa shape index (κ3) is 5.66. The first-order valence-corrected chi connectivity index (χ1v) is 10.7. The van der Waals surface area contributed by atoms with Crippen molar-refractivity contribution in [3.63, 3.8) is 0 Å². The van der Waals surface area contributed by atoms with Crippen LogP contribution >= 0.6 is 0 Å². The summed E-state index contributed by atoms with van der Waals surface area (Å²) in [6.45, 7) is 19.7. The van der Waals surface area contributed by atoms with Gasteiger partial charge in [-0.25, -0.2) is 0 Å². The van der Waals surface area contributed by atoms with Crippen molar-refractivity contribution in [3.8, 4) is 0 Å². The highest BCUT2D eigenvalue weighted by Gasteiger charge is 2.17. The maximum atomic E-state index is 6.26. The lowest BCUT2D eigenvalue weighted by Gasteiger charge is -2.30. The summed E-state index contributed by atoms with van der Waals surface area (Å²) in [6, 6.07) is 13.0. The molecule has 0 fully saturated rings. The van der Waals surface area contributed by atoms with Crippen LogP contribution in [0.1, 0.15) is 56.9 Å². The zero-order valence-corrected chi connectivity index (χ0v) is 19.6. The van der Waals surface area contributed by atoms with Crippen LogP contribution in [0.4, 0.5) is 11.4 Å². The molecule has 0 atom stereocenters. The summed E-state index contributed by atoms with van der Waals surface area (Å²) in [6.07, 6.45) is 3.11. The molecule has 3 nitrogen and oxygen atoms in total. The summed E-state index contributed by atoms with van der Waals surface area (Å²) in [4.78, 5) is 4.28. The summed E-state index contributed by atoms with van der Waals surface area (Å²) < 4.78 is 0. The molecule has 3 heteroatoms. The molecule has 2 aromatic rings. The Kier molecular flexibility index (Phi) is 9.54. The predicted molar refractivity (Wildman–Crippen MR) is 131 cm³/mol. The fourth-order valence-corrected chi connectivity index (χ4v) is 3.41. The quantitative estimate of drug-likeness (QED) is 0.572. The number of allylic oxidation sites excluding steroid dienone is 1. The number of aryl methyl sites for hydroxylation is 3. The maximum Gasteiger partial charge on any atom is 0.100 e. The summed E-state index contributed by atoms with van der Waals surface area (Å²) >= 11 is 0. The second kappa shape index (κ2) is 11.4. The Morgan fingerprint density at radius 3 is 2.17 bits per heavy atom. The molecule has 0 saturated carbocycles. The van der Waals surface area contributed by atoms with E-state index in [1.807, 2.05) is 25.7 Å². The molecular weight excluding hydrogens is 354 g/mol. The van der Waals surface area contributed by atoms with Gasteiger partial charge >= 0.3 is 0 Å². The van der Waals surface area contributed by atoms with Crippen LogP contribution in [0.25, 0.3) is 5.70 Å². The van der Waals surface area contributed by atoms with Crippen molar-refractivity contribution in [2.45, 2.75) is 54.9 Å². The number of nitrogens with zero attached hydrogens (tertiary/aromatic N) is 2. The molecule has 2 aromatic carbocycles. The number of nitrogens with two attached hydrogens (primary N) is 1. The van der Waals surface area contributed by atoms with E-state index >= 15 is 0 Å². The zero-order valence-electron chi connectivity index (χ0n) is 19.6. The van der Waals surface area contributed by atoms with Gasteiger partial charge in [0, 0.05) is 25.0 Å². The number of benzene rings is 2. The van der Waals surface area contributed by atoms with Gasteiger partial charge in [-0.15, -0.1) is 0 Å². The van der Waals surface area contributed by atoms with Crippen LogP contribution < -0.4 is 15.5 Å². The van der Waals surface area contributed by atoms with Crippen LogP contribution in [0.15, 0.2) is 54.9 Å². The van der Waals surface area contributed by atoms with Gasteiger partial charge in [-0.3, -0.25) is 4.90 Å². The Bertz CT molecular complexity index is 849. The summed E-state index contributed by atoms with van der Waals surface area (Å²) in [7, 11) is 2.11. The molecule has 0 heterocycles. The smallest absolute Gasteiger partial charge is 0.100 e. The second-order valence-electron chi connectivity index (χ2n) is 6.98. The van der Waals surface area contributed by atoms with Crippen LogP contribution in [0.2, 0.25) is 0 Å². The largest absolute Gasteiger partial charge is 0.385 e. The van der Waals surface area contributed by atoms with E-state index < -0.39 is 0 Å². The van der Waals surface area contributed by atoms with Gasteiger partial charge in [0.05, 0.1) is 5.70 Å². The lowest BCUT2D eigenvalue weighted by molar-refractivity contribution is 0.960. The minimum Gasteiger partial charge on any atom is -0.385 e. The lowest BCUT2D eigenvalue weighted by Crippen LogP contribution is -2.26. The molecule has 0 aliphatic rings. The van der Waals surface area contributed by atoms with Crippen LogP contribution in [-0.2, 0) is 6.42 Å². The van der Waals surface area contributed by atoms with Crippen molar-refractivity contribution in [1.82, 2.24) is 0 Å². The highest BCUT2D eigenvalue weighted by molar-refractivity contribution is 5.84. The molecule has 0 saturated heterocycles. The first-order valence-electron chi connectivity index (χ1n) is 10.7. The van der Waals surface area contributed by atoms with E-state index in [0.717, 1.165) is 29.9 Å². The van der Waals surface area contributed by atoms with Crippen molar-refractivity contribution in [3.05, 3.63) is 77.1 Å². The molecule has 158 valence electrons. The van der Waals surface area contributed by atoms with Gasteiger partial charge in [0.1, 0.15) is 5.82 Å². The fraction of sp³-hybridized carbons (Fsp3) is 0.385. The maximum absolute atomic E-state index is 6.26. The Balaban J connectivity index is 0.00000204. The van der Waals surface area contributed by atoms with E-state index in [4.69, 9.17) is 5.73 Å². The van der Waals surface area contributed by atoms with Crippen LogP contribution in [-0.4, -0.2) is 13.6 Å². The van der Waals surface area contributed by atoms with Crippen molar-refractivity contribution < 1.29 is 0 Å². The van der Waals surface area contributed by atoms with Gasteiger partial charge in [-0.05, 0) is 74.6 Å². The van der Waals surface area contributed by atoms with E-state index in [1.165, 1.54) is 22.4 Å². The van der Waals surface area contributed by atoms with E-state index in [1.54, 1.807) is 0 Å². The van der Waals surface area contributed by atoms with Gasteiger partial charge in [-0.2, -0.15) is 0 Å². The molecule has 29 heavy (non-hydrogen) atoms. The minimum atomic E-state index is 0.510. The average Bonchev–Trinajstić information content (AvgIpc) is 2.73. The first-order chi connectivity index (χ1) is 13.8. The molecule has 0 aromatic heterocycles. The Hall–Kier alpha value is -2.68. The van der Waals surface area contributed by atoms with Crippen LogP contribution in [0, 0.1) is 13.8 Å². The molecule has 0 bridgehead atoms. The topological polar surface area (TPSA) is 32.5 Å². The van der Waals surface area contributed by atoms with E-state index in [2.05, 4.69) is 88.7 Å². The lowest BCUT2D eigenvalue weighted by atomic mass is 10.00. The van der Waals surface area contributed by atoms with E-state index in [9.17, 15) is 0 Å². The molecule has 0 amide bonds. The zero-order chi connectivity index (χ0) is 22.1. The highest BCUT2D eigenvalue weighted by atomic mass is 15.2. The van der Waals surface area contributed by atoms with Gasteiger partial charge in [-0.1, -0.05) is 51.6 Å². The van der Waals surface area contributed by atoms with Gasteiger partial charge in [0.15, 0.2) is 0 Å². The summed E-state index contributed by atoms with van der Waals surface area (Å²) in [5, 5.41) is 0. The summed E-state index contributed by atoms with van der Waals surface area (Å²) in [5.74, 6) is 0.510. The van der Waals surface area contributed by atoms with Crippen molar-refractivity contribution in [2.75, 3.05) is 23.4 Å². The summed E-state index contributed by atoms with van der Waals surface area (Å²) in [5.41, 5.74) is 14.6. The van der Waals surface area contributed by atoms with Crippen LogP contribution in [0.3, 0.4) is 0 Å². The highest BCUT2D eigenvalue weighted by Crippen LogP contribution is 2.33. The predicted octanol–water partition coefficient (Wildman–Crippen LogP) is 6.65. The third-order valence-corrected chi connectivity index (χ3v) is 5.16. The van der Waals surface area contributed by atoms with Crippen LogP contribution in [0.5, 0.6) is 0 Å². The molecule has 0 aliphatic heterocycles. The fourth-order valence-electron chi connectivity index (χ4n) is 3.41. The monoisotopic (exact) mass is 393 g/mol. The van der Waals surface area contributed by atoms with Crippen molar-refractivity contribution in [2.24, 2.45) is 5.73 Å². The number of rotatable bonds is 7. The number of hydrogen-bond donors (Lipinski definition) is 1. The minimum absolute atomic E-state index is 0.510. The molecule has 0 spiro atoms. The molecule has 2 N–H and O–H groups in total. The SMILES string of the molecule is C=C(N)N(/C(=C\C)c1ccc(C)c(CC)c1)c1ccc(C)c(N(C)CC)c1.CC.